The average molecular weight is 236 g/mol. The summed E-state index contributed by atoms with van der Waals surface area (Å²) in [6, 6.07) is 6.50. The van der Waals surface area contributed by atoms with Crippen LogP contribution in [0.3, 0.4) is 0 Å². The normalized spacial score (nSPS) is 12.1. The van der Waals surface area contributed by atoms with Gasteiger partial charge in [-0.1, -0.05) is 30.7 Å². The zero-order chi connectivity index (χ0) is 12.0. The molecule has 1 aromatic rings. The fourth-order valence-corrected chi connectivity index (χ4v) is 1.86. The van der Waals surface area contributed by atoms with E-state index >= 15 is 0 Å². The van der Waals surface area contributed by atoms with Gasteiger partial charge in [-0.3, -0.25) is 0 Å². The van der Waals surface area contributed by atoms with Crippen molar-refractivity contribution < 1.29 is 0 Å². The zero-order valence-electron chi connectivity index (χ0n) is 9.89. The van der Waals surface area contributed by atoms with Gasteiger partial charge in [-0.05, 0) is 30.5 Å². The molecule has 0 bridgehead atoms. The van der Waals surface area contributed by atoms with Crippen LogP contribution in [0.1, 0.15) is 30.9 Å². The summed E-state index contributed by atoms with van der Waals surface area (Å²) in [6.07, 6.45) is 7.11. The molecule has 0 spiro atoms. The molecular formula is C14H18ClN. The van der Waals surface area contributed by atoms with Gasteiger partial charge in [0.25, 0.3) is 0 Å². The van der Waals surface area contributed by atoms with Crippen molar-refractivity contribution in [2.75, 3.05) is 0 Å². The Morgan fingerprint density at radius 2 is 2.25 bits per heavy atom. The number of benzene rings is 1. The number of rotatable bonds is 5. The molecule has 0 aliphatic carbocycles. The van der Waals surface area contributed by atoms with Gasteiger partial charge >= 0.3 is 0 Å². The van der Waals surface area contributed by atoms with Crippen LogP contribution in [0.2, 0.25) is 5.02 Å². The number of nitrogens with one attached hydrogen (secondary N) is 1. The molecule has 1 aromatic carbocycles. The molecule has 1 unspecified atom stereocenters. The second-order valence-electron chi connectivity index (χ2n) is 3.99. The zero-order valence-corrected chi connectivity index (χ0v) is 10.6. The van der Waals surface area contributed by atoms with Gasteiger partial charge in [0.15, 0.2) is 0 Å². The quantitative estimate of drug-likeness (QED) is 0.770. The standard InChI is InChI=1S/C14H18ClN/c1-4-6-13(5-2)16-10-12-8-7-11(3)9-14(12)15/h1,7-9,13,16H,5-6,10H2,2-3H3. The van der Waals surface area contributed by atoms with Crippen LogP contribution in [-0.4, -0.2) is 6.04 Å². The Hall–Kier alpha value is -0.970. The Bertz CT molecular complexity index is 379. The van der Waals surface area contributed by atoms with Crippen molar-refractivity contribution in [3.05, 3.63) is 34.3 Å². The van der Waals surface area contributed by atoms with E-state index in [9.17, 15) is 0 Å². The highest BCUT2D eigenvalue weighted by atomic mass is 35.5. The minimum absolute atomic E-state index is 0.377. The third-order valence-corrected chi connectivity index (χ3v) is 3.00. The first kappa shape index (κ1) is 13.1. The van der Waals surface area contributed by atoms with Crippen LogP contribution in [0.25, 0.3) is 0 Å². The van der Waals surface area contributed by atoms with Crippen LogP contribution < -0.4 is 5.32 Å². The number of terminal acetylenes is 1. The van der Waals surface area contributed by atoms with E-state index in [0.29, 0.717) is 6.04 Å². The number of hydrogen-bond acceptors (Lipinski definition) is 1. The van der Waals surface area contributed by atoms with Crippen molar-refractivity contribution >= 4 is 11.6 Å². The maximum absolute atomic E-state index is 6.15. The fourth-order valence-electron chi connectivity index (χ4n) is 1.55. The summed E-state index contributed by atoms with van der Waals surface area (Å²) in [5.74, 6) is 2.68. The summed E-state index contributed by atoms with van der Waals surface area (Å²) < 4.78 is 0. The van der Waals surface area contributed by atoms with Gasteiger partial charge in [0.05, 0.1) is 0 Å². The molecular weight excluding hydrogens is 218 g/mol. The predicted molar refractivity (Wildman–Crippen MR) is 70.6 cm³/mol. The van der Waals surface area contributed by atoms with Crippen molar-refractivity contribution in [1.29, 1.82) is 0 Å². The van der Waals surface area contributed by atoms with Gasteiger partial charge in [-0.15, -0.1) is 12.3 Å². The summed E-state index contributed by atoms with van der Waals surface area (Å²) in [5.41, 5.74) is 2.31. The van der Waals surface area contributed by atoms with E-state index < -0.39 is 0 Å². The van der Waals surface area contributed by atoms with Crippen LogP contribution in [0.4, 0.5) is 0 Å². The lowest BCUT2D eigenvalue weighted by Gasteiger charge is -2.15. The first-order chi connectivity index (χ1) is 7.67. The summed E-state index contributed by atoms with van der Waals surface area (Å²) in [6.45, 7) is 4.95. The second-order valence-corrected chi connectivity index (χ2v) is 4.40. The Morgan fingerprint density at radius 1 is 1.50 bits per heavy atom. The molecule has 1 rings (SSSR count). The molecule has 0 saturated carbocycles. The molecule has 1 nitrogen and oxygen atoms in total. The molecule has 0 radical (unpaired) electrons. The molecule has 86 valence electrons. The van der Waals surface area contributed by atoms with Gasteiger partial charge in [0, 0.05) is 24.0 Å². The van der Waals surface area contributed by atoms with E-state index in [-0.39, 0.29) is 0 Å². The second kappa shape index (κ2) is 6.58. The fraction of sp³-hybridized carbons (Fsp3) is 0.429. The Kier molecular flexibility index (Phi) is 5.38. The molecule has 16 heavy (non-hydrogen) atoms. The maximum atomic E-state index is 6.15. The van der Waals surface area contributed by atoms with Crippen molar-refractivity contribution in [1.82, 2.24) is 5.32 Å². The van der Waals surface area contributed by atoms with Crippen LogP contribution >= 0.6 is 11.6 Å². The highest BCUT2D eigenvalue weighted by molar-refractivity contribution is 6.31. The van der Waals surface area contributed by atoms with E-state index in [4.69, 9.17) is 18.0 Å². The topological polar surface area (TPSA) is 12.0 Å². The summed E-state index contributed by atoms with van der Waals surface area (Å²) in [7, 11) is 0. The van der Waals surface area contributed by atoms with Gasteiger partial charge in [0.1, 0.15) is 0 Å². The van der Waals surface area contributed by atoms with Crippen LogP contribution in [0.5, 0.6) is 0 Å². The van der Waals surface area contributed by atoms with Gasteiger partial charge in [-0.25, -0.2) is 0 Å². The van der Waals surface area contributed by atoms with E-state index in [0.717, 1.165) is 30.0 Å². The first-order valence-electron chi connectivity index (χ1n) is 5.59. The van der Waals surface area contributed by atoms with E-state index in [1.54, 1.807) is 0 Å². The molecule has 0 saturated heterocycles. The molecule has 0 heterocycles. The molecule has 0 fully saturated rings. The van der Waals surface area contributed by atoms with Gasteiger partial charge < -0.3 is 5.32 Å². The third kappa shape index (κ3) is 3.89. The Labute approximate surface area is 103 Å². The predicted octanol–water partition coefficient (Wildman–Crippen LogP) is 3.54. The van der Waals surface area contributed by atoms with E-state index in [1.165, 1.54) is 5.56 Å². The van der Waals surface area contributed by atoms with E-state index in [2.05, 4.69) is 30.3 Å². The molecule has 1 N–H and O–H groups in total. The minimum Gasteiger partial charge on any atom is -0.309 e. The monoisotopic (exact) mass is 235 g/mol. The molecule has 1 atom stereocenters. The first-order valence-corrected chi connectivity index (χ1v) is 5.97. The Balaban J connectivity index is 2.57. The van der Waals surface area contributed by atoms with Crippen LogP contribution in [-0.2, 0) is 6.54 Å². The van der Waals surface area contributed by atoms with Crippen molar-refractivity contribution in [2.45, 2.75) is 39.3 Å². The lowest BCUT2D eigenvalue weighted by Crippen LogP contribution is -2.27. The smallest absolute Gasteiger partial charge is 0.0453 e. The van der Waals surface area contributed by atoms with Gasteiger partial charge in [-0.2, -0.15) is 0 Å². The van der Waals surface area contributed by atoms with Crippen molar-refractivity contribution in [3.63, 3.8) is 0 Å². The SMILES string of the molecule is C#CCC(CC)NCc1ccc(C)cc1Cl. The van der Waals surface area contributed by atoms with Crippen LogP contribution in [0.15, 0.2) is 18.2 Å². The molecule has 0 aromatic heterocycles. The number of halogens is 1. The molecule has 0 aliphatic heterocycles. The highest BCUT2D eigenvalue weighted by Gasteiger charge is 2.05. The van der Waals surface area contributed by atoms with Gasteiger partial charge in [0.2, 0.25) is 0 Å². The Morgan fingerprint density at radius 3 is 2.81 bits per heavy atom. The van der Waals surface area contributed by atoms with Crippen molar-refractivity contribution in [3.8, 4) is 12.3 Å². The summed E-state index contributed by atoms with van der Waals surface area (Å²) in [5, 5.41) is 4.24. The number of aryl methyl sites for hydroxylation is 1. The average Bonchev–Trinajstić information content (AvgIpc) is 2.26. The summed E-state index contributed by atoms with van der Waals surface area (Å²) >= 11 is 6.15. The number of hydrogen-bond donors (Lipinski definition) is 1. The molecule has 0 aliphatic rings. The lowest BCUT2D eigenvalue weighted by molar-refractivity contribution is 0.507. The van der Waals surface area contributed by atoms with Crippen molar-refractivity contribution in [2.24, 2.45) is 0 Å². The minimum atomic E-state index is 0.377. The van der Waals surface area contributed by atoms with Crippen LogP contribution in [0, 0.1) is 19.3 Å². The third-order valence-electron chi connectivity index (χ3n) is 2.65. The summed E-state index contributed by atoms with van der Waals surface area (Å²) in [4.78, 5) is 0. The molecule has 2 heteroatoms. The maximum Gasteiger partial charge on any atom is 0.0453 e. The molecule has 0 amide bonds. The van der Waals surface area contributed by atoms with E-state index in [1.807, 2.05) is 13.0 Å². The highest BCUT2D eigenvalue weighted by Crippen LogP contribution is 2.17. The lowest BCUT2D eigenvalue weighted by atomic mass is 10.1. The largest absolute Gasteiger partial charge is 0.309 e.